The Kier molecular flexibility index (Phi) is 7.85. The molecule has 1 fully saturated rings. The van der Waals surface area contributed by atoms with Gasteiger partial charge in [-0.1, -0.05) is 43.4 Å². The molecule has 2 aromatic rings. The molecular formula is C21H26ClN3O5S. The van der Waals surface area contributed by atoms with Gasteiger partial charge in [-0.3, -0.25) is 4.79 Å². The highest BCUT2D eigenvalue weighted by atomic mass is 35.5. The second-order valence-corrected chi connectivity index (χ2v) is 10.1. The molecule has 8 nitrogen and oxygen atoms in total. The Morgan fingerprint density at radius 1 is 1.29 bits per heavy atom. The third kappa shape index (κ3) is 6.38. The lowest BCUT2D eigenvalue weighted by Crippen LogP contribution is -2.24. The molecule has 2 N–H and O–H groups in total. The highest BCUT2D eigenvalue weighted by molar-refractivity contribution is 7.90. The Hall–Kier alpha value is -2.23. The summed E-state index contributed by atoms with van der Waals surface area (Å²) in [4.78, 5) is 21.4. The van der Waals surface area contributed by atoms with Crippen LogP contribution >= 0.6 is 11.6 Å². The van der Waals surface area contributed by atoms with Crippen LogP contribution in [0.4, 0.5) is 5.82 Å². The Bertz CT molecular complexity index is 1010. The molecule has 1 atom stereocenters. The van der Waals surface area contributed by atoms with E-state index in [4.69, 9.17) is 21.4 Å². The summed E-state index contributed by atoms with van der Waals surface area (Å²) < 4.78 is 28.9. The standard InChI is InChI=1S/C21H26ClN3O5S/c1-31(28,29)18-7-6-15(11-17(18)22)16(10-14-4-2-3-5-14)21(27)25-19-12-24-20(13-23-19)30-9-8-26/h6-7,11-14,16,26H,2-5,8-10H2,1H3,(H,23,25,27). The molecule has 31 heavy (non-hydrogen) atoms. The van der Waals surface area contributed by atoms with Crippen LogP contribution in [0.5, 0.6) is 5.88 Å². The van der Waals surface area contributed by atoms with Gasteiger partial charge in [-0.15, -0.1) is 0 Å². The predicted molar refractivity (Wildman–Crippen MR) is 117 cm³/mol. The van der Waals surface area contributed by atoms with E-state index >= 15 is 0 Å². The minimum atomic E-state index is -3.46. The van der Waals surface area contributed by atoms with Crippen LogP contribution in [0.3, 0.4) is 0 Å². The molecule has 3 rings (SSSR count). The average molecular weight is 468 g/mol. The van der Waals surface area contributed by atoms with Crippen molar-refractivity contribution in [1.29, 1.82) is 0 Å². The van der Waals surface area contributed by atoms with Crippen LogP contribution in [0.2, 0.25) is 5.02 Å². The predicted octanol–water partition coefficient (Wildman–Crippen LogP) is 3.21. The molecule has 10 heteroatoms. The molecule has 1 aromatic heterocycles. The highest BCUT2D eigenvalue weighted by Crippen LogP contribution is 2.36. The normalized spacial score (nSPS) is 15.6. The number of hydrogen-bond acceptors (Lipinski definition) is 7. The minimum Gasteiger partial charge on any atom is -0.474 e. The second-order valence-electron chi connectivity index (χ2n) is 7.70. The quantitative estimate of drug-likeness (QED) is 0.581. The highest BCUT2D eigenvalue weighted by Gasteiger charge is 2.28. The number of nitrogens with one attached hydrogen (secondary N) is 1. The Balaban J connectivity index is 1.81. The molecule has 1 aliphatic carbocycles. The number of halogens is 1. The van der Waals surface area contributed by atoms with Gasteiger partial charge in [-0.25, -0.2) is 18.4 Å². The van der Waals surface area contributed by atoms with Gasteiger partial charge in [0.1, 0.15) is 6.61 Å². The van der Waals surface area contributed by atoms with E-state index in [2.05, 4.69) is 15.3 Å². The number of sulfone groups is 1. The number of rotatable bonds is 9. The van der Waals surface area contributed by atoms with Gasteiger partial charge in [0, 0.05) is 6.26 Å². The first kappa shape index (κ1) is 23.4. The zero-order valence-corrected chi connectivity index (χ0v) is 18.8. The number of carbonyl (C=O) groups is 1. The molecule has 0 saturated heterocycles. The van der Waals surface area contributed by atoms with E-state index in [-0.39, 0.29) is 40.7 Å². The average Bonchev–Trinajstić information content (AvgIpc) is 3.23. The second kappa shape index (κ2) is 10.4. The summed E-state index contributed by atoms with van der Waals surface area (Å²) in [5.41, 5.74) is 0.664. The first-order valence-electron chi connectivity index (χ1n) is 10.1. The van der Waals surface area contributed by atoms with Gasteiger partial charge in [0.25, 0.3) is 0 Å². The summed E-state index contributed by atoms with van der Waals surface area (Å²) in [5.74, 6) is 0.188. The molecule has 0 aliphatic heterocycles. The van der Waals surface area contributed by atoms with Gasteiger partial charge in [0.2, 0.25) is 11.8 Å². The Morgan fingerprint density at radius 3 is 2.61 bits per heavy atom. The molecule has 1 aromatic carbocycles. The lowest BCUT2D eigenvalue weighted by atomic mass is 9.87. The fourth-order valence-corrected chi connectivity index (χ4v) is 5.17. The van der Waals surface area contributed by atoms with E-state index in [0.717, 1.165) is 31.9 Å². The van der Waals surface area contributed by atoms with E-state index in [1.54, 1.807) is 12.1 Å². The maximum atomic E-state index is 13.1. The molecule has 0 bridgehead atoms. The zero-order valence-electron chi connectivity index (χ0n) is 17.3. The Labute approximate surface area is 186 Å². The number of anilines is 1. The number of aliphatic hydroxyl groups is 1. The summed E-state index contributed by atoms with van der Waals surface area (Å²) in [7, 11) is -3.46. The third-order valence-electron chi connectivity index (χ3n) is 5.34. The number of benzene rings is 1. The zero-order chi connectivity index (χ0) is 22.4. The molecule has 168 valence electrons. The van der Waals surface area contributed by atoms with Crippen molar-refractivity contribution in [2.75, 3.05) is 24.8 Å². The van der Waals surface area contributed by atoms with Crippen LogP contribution in [-0.2, 0) is 14.6 Å². The number of hydrogen-bond donors (Lipinski definition) is 2. The van der Waals surface area contributed by atoms with Gasteiger partial charge >= 0.3 is 0 Å². The molecule has 1 saturated carbocycles. The molecule has 0 spiro atoms. The summed E-state index contributed by atoms with van der Waals surface area (Å²) >= 11 is 6.23. The number of ether oxygens (including phenoxy) is 1. The fraction of sp³-hybridized carbons (Fsp3) is 0.476. The van der Waals surface area contributed by atoms with Crippen LogP contribution in [0.1, 0.15) is 43.6 Å². The van der Waals surface area contributed by atoms with Crippen molar-refractivity contribution < 1.29 is 23.1 Å². The van der Waals surface area contributed by atoms with E-state index in [0.29, 0.717) is 17.9 Å². The summed E-state index contributed by atoms with van der Waals surface area (Å²) in [6, 6.07) is 4.67. The summed E-state index contributed by atoms with van der Waals surface area (Å²) in [6.07, 6.45) is 8.92. The summed E-state index contributed by atoms with van der Waals surface area (Å²) in [5, 5.41) is 11.7. The van der Waals surface area contributed by atoms with Crippen molar-refractivity contribution in [3.63, 3.8) is 0 Å². The Morgan fingerprint density at radius 2 is 2.03 bits per heavy atom. The van der Waals surface area contributed by atoms with Crippen LogP contribution in [0.25, 0.3) is 0 Å². The van der Waals surface area contributed by atoms with E-state index in [9.17, 15) is 13.2 Å². The molecule has 1 heterocycles. The maximum Gasteiger partial charge on any atom is 0.233 e. The van der Waals surface area contributed by atoms with Crippen LogP contribution < -0.4 is 10.1 Å². The van der Waals surface area contributed by atoms with Gasteiger partial charge < -0.3 is 15.2 Å². The van der Waals surface area contributed by atoms with Gasteiger partial charge in [-0.05, 0) is 30.0 Å². The number of aromatic nitrogens is 2. The lowest BCUT2D eigenvalue weighted by Gasteiger charge is -2.21. The molecule has 0 radical (unpaired) electrons. The van der Waals surface area contributed by atoms with Crippen molar-refractivity contribution in [3.05, 3.63) is 41.2 Å². The van der Waals surface area contributed by atoms with Crippen molar-refractivity contribution >= 4 is 33.2 Å². The van der Waals surface area contributed by atoms with Gasteiger partial charge in [0.05, 0.1) is 34.8 Å². The topological polar surface area (TPSA) is 118 Å². The minimum absolute atomic E-state index is 0.0438. The SMILES string of the molecule is CS(=O)(=O)c1ccc(C(CC2CCCC2)C(=O)Nc2cnc(OCCO)cn2)cc1Cl. The first-order valence-corrected chi connectivity index (χ1v) is 12.4. The smallest absolute Gasteiger partial charge is 0.233 e. The largest absolute Gasteiger partial charge is 0.474 e. The fourth-order valence-electron chi connectivity index (χ4n) is 3.83. The summed E-state index contributed by atoms with van der Waals surface area (Å²) in [6.45, 7) is -0.0300. The van der Waals surface area contributed by atoms with Crippen molar-refractivity contribution in [2.24, 2.45) is 5.92 Å². The number of nitrogens with zero attached hydrogens (tertiary/aromatic N) is 2. The van der Waals surface area contributed by atoms with Gasteiger partial charge in [0.15, 0.2) is 15.7 Å². The molecular weight excluding hydrogens is 442 g/mol. The molecule has 1 aliphatic rings. The molecule has 1 amide bonds. The van der Waals surface area contributed by atoms with Crippen LogP contribution in [0, 0.1) is 5.92 Å². The van der Waals surface area contributed by atoms with Crippen molar-refractivity contribution in [1.82, 2.24) is 9.97 Å². The van der Waals surface area contributed by atoms with Crippen LogP contribution in [-0.4, -0.2) is 48.9 Å². The first-order chi connectivity index (χ1) is 14.8. The van der Waals surface area contributed by atoms with Gasteiger partial charge in [-0.2, -0.15) is 0 Å². The monoisotopic (exact) mass is 467 g/mol. The number of aliphatic hydroxyl groups excluding tert-OH is 1. The van der Waals surface area contributed by atoms with E-state index in [1.165, 1.54) is 18.5 Å². The third-order valence-corrected chi connectivity index (χ3v) is 6.92. The molecule has 1 unspecified atom stereocenters. The van der Waals surface area contributed by atoms with Crippen LogP contribution in [0.15, 0.2) is 35.5 Å². The van der Waals surface area contributed by atoms with Crippen molar-refractivity contribution in [3.8, 4) is 5.88 Å². The lowest BCUT2D eigenvalue weighted by molar-refractivity contribution is -0.118. The van der Waals surface area contributed by atoms with E-state index in [1.807, 2.05) is 0 Å². The van der Waals surface area contributed by atoms with Crippen molar-refractivity contribution in [2.45, 2.75) is 42.9 Å². The maximum absolute atomic E-state index is 13.1. The number of carbonyl (C=O) groups excluding carboxylic acids is 1. The number of amides is 1. The van der Waals surface area contributed by atoms with E-state index < -0.39 is 15.8 Å².